The zero-order valence-corrected chi connectivity index (χ0v) is 13.5. The number of ether oxygens (including phenoxy) is 1. The van der Waals surface area contributed by atoms with Crippen molar-refractivity contribution in [3.63, 3.8) is 0 Å². The molecule has 0 bridgehead atoms. The van der Waals surface area contributed by atoms with Gasteiger partial charge >= 0.3 is 0 Å². The van der Waals surface area contributed by atoms with Gasteiger partial charge in [-0.3, -0.25) is 9.69 Å². The summed E-state index contributed by atoms with van der Waals surface area (Å²) in [4.78, 5) is 14.2. The summed E-state index contributed by atoms with van der Waals surface area (Å²) in [7, 11) is 0. The second-order valence-electron chi connectivity index (χ2n) is 5.35. The Labute approximate surface area is 134 Å². The van der Waals surface area contributed by atoms with Gasteiger partial charge in [0.05, 0.1) is 35.2 Å². The van der Waals surface area contributed by atoms with Crippen LogP contribution in [0.1, 0.15) is 13.8 Å². The van der Waals surface area contributed by atoms with Gasteiger partial charge in [0.25, 0.3) is 0 Å². The first kappa shape index (κ1) is 16.4. The van der Waals surface area contributed by atoms with Crippen LogP contribution in [0.2, 0.25) is 10.0 Å². The number of anilines is 2. The zero-order valence-electron chi connectivity index (χ0n) is 12.0. The van der Waals surface area contributed by atoms with Crippen LogP contribution in [0.3, 0.4) is 0 Å². The number of hydrogen-bond acceptors (Lipinski definition) is 4. The number of carbonyl (C=O) groups is 1. The highest BCUT2D eigenvalue weighted by Gasteiger charge is 2.24. The van der Waals surface area contributed by atoms with Gasteiger partial charge in [-0.25, -0.2) is 0 Å². The van der Waals surface area contributed by atoms with E-state index in [2.05, 4.69) is 5.32 Å². The maximum absolute atomic E-state index is 12.1. The third kappa shape index (κ3) is 4.48. The van der Waals surface area contributed by atoms with Crippen LogP contribution in [-0.4, -0.2) is 42.6 Å². The van der Waals surface area contributed by atoms with Crippen LogP contribution >= 0.6 is 23.2 Å². The molecule has 1 aliphatic rings. The van der Waals surface area contributed by atoms with Crippen molar-refractivity contribution in [3.05, 3.63) is 22.2 Å². The molecule has 0 spiro atoms. The highest BCUT2D eigenvalue weighted by atomic mass is 35.5. The molecule has 0 aliphatic carbocycles. The van der Waals surface area contributed by atoms with E-state index in [1.165, 1.54) is 0 Å². The SMILES string of the molecule is CC1CN(CC(=O)Nc2c(N)cc(Cl)cc2Cl)CC(C)O1. The Bertz CT molecular complexity index is 506. The third-order valence-corrected chi connectivity index (χ3v) is 3.73. The van der Waals surface area contributed by atoms with Gasteiger partial charge in [-0.05, 0) is 26.0 Å². The summed E-state index contributed by atoms with van der Waals surface area (Å²) in [6.45, 7) is 5.71. The van der Waals surface area contributed by atoms with Crippen LogP contribution in [0, 0.1) is 0 Å². The Hall–Kier alpha value is -1.01. The van der Waals surface area contributed by atoms with Crippen LogP contribution < -0.4 is 11.1 Å². The lowest BCUT2D eigenvalue weighted by atomic mass is 10.2. The normalized spacial score (nSPS) is 23.0. The number of nitrogens with two attached hydrogens (primary N) is 1. The molecule has 1 heterocycles. The summed E-state index contributed by atoms with van der Waals surface area (Å²) in [6.07, 6.45) is 0.233. The topological polar surface area (TPSA) is 67.6 Å². The molecule has 5 nitrogen and oxygen atoms in total. The van der Waals surface area contributed by atoms with Gasteiger partial charge in [-0.1, -0.05) is 23.2 Å². The monoisotopic (exact) mass is 331 g/mol. The molecule has 1 amide bonds. The summed E-state index contributed by atoms with van der Waals surface area (Å²) in [5.41, 5.74) is 6.59. The molecule has 3 N–H and O–H groups in total. The Balaban J connectivity index is 1.99. The summed E-state index contributed by atoms with van der Waals surface area (Å²) in [6, 6.07) is 3.11. The van der Waals surface area contributed by atoms with Gasteiger partial charge in [0.1, 0.15) is 0 Å². The van der Waals surface area contributed by atoms with Gasteiger partial charge < -0.3 is 15.8 Å². The second-order valence-corrected chi connectivity index (χ2v) is 6.20. The van der Waals surface area contributed by atoms with Gasteiger partial charge in [0.2, 0.25) is 5.91 Å². The predicted molar refractivity (Wildman–Crippen MR) is 86.0 cm³/mol. The molecule has 1 aliphatic heterocycles. The smallest absolute Gasteiger partial charge is 0.238 e. The number of hydrogen-bond donors (Lipinski definition) is 2. The van der Waals surface area contributed by atoms with Gasteiger partial charge in [0, 0.05) is 18.1 Å². The number of halogens is 2. The van der Waals surface area contributed by atoms with Crippen molar-refractivity contribution in [2.24, 2.45) is 0 Å². The number of nitrogens with one attached hydrogen (secondary N) is 1. The Morgan fingerprint density at radius 2 is 2.00 bits per heavy atom. The molecule has 2 unspecified atom stereocenters. The molecule has 21 heavy (non-hydrogen) atoms. The molecule has 7 heteroatoms. The van der Waals surface area contributed by atoms with Gasteiger partial charge in [-0.15, -0.1) is 0 Å². The lowest BCUT2D eigenvalue weighted by Gasteiger charge is -2.34. The molecule has 0 radical (unpaired) electrons. The van der Waals surface area contributed by atoms with Crippen molar-refractivity contribution in [2.45, 2.75) is 26.1 Å². The number of nitrogen functional groups attached to an aromatic ring is 1. The van der Waals surface area contributed by atoms with E-state index in [9.17, 15) is 4.79 Å². The maximum Gasteiger partial charge on any atom is 0.238 e. The first-order valence-electron chi connectivity index (χ1n) is 6.77. The largest absolute Gasteiger partial charge is 0.397 e. The fraction of sp³-hybridized carbons (Fsp3) is 0.500. The molecule has 0 saturated carbocycles. The van der Waals surface area contributed by atoms with Crippen molar-refractivity contribution < 1.29 is 9.53 Å². The molecular weight excluding hydrogens is 313 g/mol. The molecule has 0 aromatic heterocycles. The summed E-state index contributed by atoms with van der Waals surface area (Å²) in [5.74, 6) is -0.160. The molecule has 1 saturated heterocycles. The van der Waals surface area contributed by atoms with E-state index in [0.29, 0.717) is 21.4 Å². The van der Waals surface area contributed by atoms with Crippen molar-refractivity contribution in [1.82, 2.24) is 4.90 Å². The van der Waals surface area contributed by atoms with E-state index in [1.807, 2.05) is 18.7 Å². The molecule has 2 rings (SSSR count). The minimum Gasteiger partial charge on any atom is -0.397 e. The average molecular weight is 332 g/mol. The first-order valence-corrected chi connectivity index (χ1v) is 7.53. The van der Waals surface area contributed by atoms with Crippen molar-refractivity contribution in [1.29, 1.82) is 0 Å². The maximum atomic E-state index is 12.1. The number of carbonyl (C=O) groups excluding carboxylic acids is 1. The summed E-state index contributed by atoms with van der Waals surface area (Å²) in [5, 5.41) is 3.51. The number of amides is 1. The van der Waals surface area contributed by atoms with Crippen LogP contribution in [0.15, 0.2) is 12.1 Å². The minimum absolute atomic E-state index is 0.116. The number of nitrogens with zero attached hydrogens (tertiary/aromatic N) is 1. The third-order valence-electron chi connectivity index (χ3n) is 3.21. The number of benzene rings is 1. The minimum atomic E-state index is -0.160. The van der Waals surface area contributed by atoms with E-state index >= 15 is 0 Å². The van der Waals surface area contributed by atoms with Crippen molar-refractivity contribution in [3.8, 4) is 0 Å². The lowest BCUT2D eigenvalue weighted by molar-refractivity contribution is -0.121. The van der Waals surface area contributed by atoms with Crippen LogP contribution in [0.4, 0.5) is 11.4 Å². The summed E-state index contributed by atoms with van der Waals surface area (Å²) >= 11 is 11.9. The van der Waals surface area contributed by atoms with Crippen molar-refractivity contribution >= 4 is 40.5 Å². The molecule has 1 aromatic carbocycles. The second kappa shape index (κ2) is 6.83. The number of morpholine rings is 1. The van der Waals surface area contributed by atoms with E-state index in [1.54, 1.807) is 12.1 Å². The average Bonchev–Trinajstić information content (AvgIpc) is 2.32. The van der Waals surface area contributed by atoms with Gasteiger partial charge in [0.15, 0.2) is 0 Å². The van der Waals surface area contributed by atoms with E-state index in [4.69, 9.17) is 33.7 Å². The Morgan fingerprint density at radius 1 is 1.38 bits per heavy atom. The van der Waals surface area contributed by atoms with Crippen LogP contribution in [0.5, 0.6) is 0 Å². The van der Waals surface area contributed by atoms with E-state index < -0.39 is 0 Å². The molecule has 1 fully saturated rings. The Kier molecular flexibility index (Phi) is 5.32. The quantitative estimate of drug-likeness (QED) is 0.835. The highest BCUT2D eigenvalue weighted by Crippen LogP contribution is 2.32. The molecular formula is C14H19Cl2N3O2. The van der Waals surface area contributed by atoms with E-state index in [-0.39, 0.29) is 24.7 Å². The lowest BCUT2D eigenvalue weighted by Crippen LogP contribution is -2.48. The van der Waals surface area contributed by atoms with E-state index in [0.717, 1.165) is 13.1 Å². The molecule has 116 valence electrons. The fourth-order valence-electron chi connectivity index (χ4n) is 2.52. The van der Waals surface area contributed by atoms with Crippen LogP contribution in [-0.2, 0) is 9.53 Å². The molecule has 1 aromatic rings. The predicted octanol–water partition coefficient (Wildman–Crippen LogP) is 2.62. The van der Waals surface area contributed by atoms with Crippen molar-refractivity contribution in [2.75, 3.05) is 30.7 Å². The Morgan fingerprint density at radius 3 is 2.57 bits per heavy atom. The van der Waals surface area contributed by atoms with Gasteiger partial charge in [-0.2, -0.15) is 0 Å². The molecule has 2 atom stereocenters. The first-order chi connectivity index (χ1) is 9.85. The standard InChI is InChI=1S/C14H19Cl2N3O2/c1-8-5-19(6-9(2)21-8)7-13(20)18-14-11(16)3-10(15)4-12(14)17/h3-4,8-9H,5-7,17H2,1-2H3,(H,18,20). The summed E-state index contributed by atoms with van der Waals surface area (Å²) < 4.78 is 5.64. The fourth-order valence-corrected chi connectivity index (χ4v) is 3.08. The number of rotatable bonds is 3. The van der Waals surface area contributed by atoms with Crippen LogP contribution in [0.25, 0.3) is 0 Å². The highest BCUT2D eigenvalue weighted by molar-refractivity contribution is 6.37. The zero-order chi connectivity index (χ0) is 15.6.